The molecule has 0 saturated carbocycles. The predicted octanol–water partition coefficient (Wildman–Crippen LogP) is 5.61. The van der Waals surface area contributed by atoms with Crippen molar-refractivity contribution >= 4 is 29.0 Å². The quantitative estimate of drug-likeness (QED) is 0.443. The van der Waals surface area contributed by atoms with Crippen LogP contribution in [0.25, 0.3) is 17.0 Å². The van der Waals surface area contributed by atoms with Crippen molar-refractivity contribution in [2.45, 2.75) is 16.1 Å². The van der Waals surface area contributed by atoms with Crippen LogP contribution in [0.2, 0.25) is 5.02 Å². The minimum atomic E-state index is -4.39. The zero-order valence-corrected chi connectivity index (χ0v) is 15.1. The van der Waals surface area contributed by atoms with Crippen LogP contribution in [0.5, 0.6) is 0 Å². The summed E-state index contributed by atoms with van der Waals surface area (Å²) in [7, 11) is 0. The van der Waals surface area contributed by atoms with Crippen molar-refractivity contribution in [1.82, 2.24) is 19.8 Å². The van der Waals surface area contributed by atoms with Crippen LogP contribution in [0, 0.1) is 0 Å². The van der Waals surface area contributed by atoms with Gasteiger partial charge in [-0.15, -0.1) is 10.2 Å². The third kappa shape index (κ3) is 3.77. The number of alkyl halides is 3. The molecule has 0 N–H and O–H groups in total. The number of rotatable bonds is 3. The zero-order valence-electron chi connectivity index (χ0n) is 13.5. The monoisotopic (exact) mass is 406 g/mol. The van der Waals surface area contributed by atoms with Crippen molar-refractivity contribution in [3.63, 3.8) is 0 Å². The fourth-order valence-corrected chi connectivity index (χ4v) is 3.51. The standard InChI is InChI=1S/C18H10ClF3N4S/c19-13-5-1-3-11(9-13)17-24-23-15-7-8-16(25-26(15)17)27-14-6-2-4-12(10-14)18(20,21)22/h1-10H. The van der Waals surface area contributed by atoms with Gasteiger partial charge in [0.2, 0.25) is 0 Å². The van der Waals surface area contributed by atoms with E-state index in [4.69, 9.17) is 11.6 Å². The number of nitrogens with zero attached hydrogens (tertiary/aromatic N) is 4. The molecular weight excluding hydrogens is 397 g/mol. The second-order valence-corrected chi connectivity index (χ2v) is 7.13. The first-order valence-corrected chi connectivity index (χ1v) is 8.93. The van der Waals surface area contributed by atoms with E-state index in [-0.39, 0.29) is 0 Å². The molecule has 0 aliphatic carbocycles. The molecule has 4 nitrogen and oxygen atoms in total. The molecule has 136 valence electrons. The molecule has 9 heteroatoms. The Balaban J connectivity index is 1.71. The topological polar surface area (TPSA) is 43.1 Å². The average Bonchev–Trinajstić information content (AvgIpc) is 3.04. The first-order valence-electron chi connectivity index (χ1n) is 7.74. The zero-order chi connectivity index (χ0) is 19.0. The van der Waals surface area contributed by atoms with Gasteiger partial charge in [-0.25, -0.2) is 0 Å². The molecule has 0 amide bonds. The lowest BCUT2D eigenvalue weighted by Gasteiger charge is -2.08. The summed E-state index contributed by atoms with van der Waals surface area (Å²) in [6, 6.07) is 15.6. The third-order valence-corrected chi connectivity index (χ3v) is 4.86. The molecule has 2 aromatic heterocycles. The molecule has 0 aliphatic rings. The lowest BCUT2D eigenvalue weighted by molar-refractivity contribution is -0.137. The molecule has 0 aliphatic heterocycles. The van der Waals surface area contributed by atoms with Gasteiger partial charge in [-0.1, -0.05) is 41.6 Å². The summed E-state index contributed by atoms with van der Waals surface area (Å²) in [6.07, 6.45) is -4.39. The van der Waals surface area contributed by atoms with Gasteiger partial charge in [-0.05, 0) is 42.5 Å². The van der Waals surface area contributed by atoms with E-state index in [9.17, 15) is 13.2 Å². The van der Waals surface area contributed by atoms with Gasteiger partial charge in [0.1, 0.15) is 5.03 Å². The maximum absolute atomic E-state index is 12.9. The van der Waals surface area contributed by atoms with Crippen molar-refractivity contribution in [3.05, 3.63) is 71.2 Å². The molecule has 0 unspecified atom stereocenters. The van der Waals surface area contributed by atoms with Crippen LogP contribution in [0.1, 0.15) is 5.56 Å². The van der Waals surface area contributed by atoms with E-state index in [0.29, 0.717) is 26.4 Å². The van der Waals surface area contributed by atoms with E-state index in [2.05, 4.69) is 15.3 Å². The van der Waals surface area contributed by atoms with Gasteiger partial charge in [0.05, 0.1) is 5.56 Å². The van der Waals surface area contributed by atoms with E-state index in [1.165, 1.54) is 6.07 Å². The highest BCUT2D eigenvalue weighted by Gasteiger charge is 2.30. The Labute approximate surface area is 161 Å². The SMILES string of the molecule is FC(F)(F)c1cccc(Sc2ccc3nnc(-c4cccc(Cl)c4)n3n2)c1. The van der Waals surface area contributed by atoms with Crippen molar-refractivity contribution in [1.29, 1.82) is 0 Å². The number of hydrogen-bond donors (Lipinski definition) is 0. The normalized spacial score (nSPS) is 11.9. The highest BCUT2D eigenvalue weighted by Crippen LogP contribution is 2.34. The van der Waals surface area contributed by atoms with Crippen LogP contribution < -0.4 is 0 Å². The number of hydrogen-bond acceptors (Lipinski definition) is 4. The van der Waals surface area contributed by atoms with Crippen LogP contribution in [0.15, 0.2) is 70.6 Å². The fourth-order valence-electron chi connectivity index (χ4n) is 2.49. The summed E-state index contributed by atoms with van der Waals surface area (Å²) in [4.78, 5) is 0.439. The number of aromatic nitrogens is 4. The summed E-state index contributed by atoms with van der Waals surface area (Å²) in [5, 5.41) is 13.7. The average molecular weight is 407 g/mol. The van der Waals surface area contributed by atoms with E-state index in [0.717, 1.165) is 29.5 Å². The summed E-state index contributed by atoms with van der Waals surface area (Å²) in [5.41, 5.74) is 0.569. The van der Waals surface area contributed by atoms with E-state index in [1.807, 2.05) is 6.07 Å². The van der Waals surface area contributed by atoms with Crippen molar-refractivity contribution in [2.75, 3.05) is 0 Å². The molecule has 2 aromatic carbocycles. The Morgan fingerprint density at radius 2 is 1.74 bits per heavy atom. The van der Waals surface area contributed by atoms with Crippen LogP contribution in [-0.4, -0.2) is 19.8 Å². The first kappa shape index (κ1) is 17.8. The van der Waals surface area contributed by atoms with Gasteiger partial charge in [0, 0.05) is 15.5 Å². The van der Waals surface area contributed by atoms with Gasteiger partial charge >= 0.3 is 6.18 Å². The molecule has 0 fully saturated rings. The summed E-state index contributed by atoms with van der Waals surface area (Å²) >= 11 is 7.16. The largest absolute Gasteiger partial charge is 0.416 e. The van der Waals surface area contributed by atoms with Crippen molar-refractivity contribution in [2.24, 2.45) is 0 Å². The van der Waals surface area contributed by atoms with E-state index < -0.39 is 11.7 Å². The molecular formula is C18H10ClF3N4S. The molecule has 2 heterocycles. The molecule has 0 atom stereocenters. The lowest BCUT2D eigenvalue weighted by atomic mass is 10.2. The minimum Gasteiger partial charge on any atom is -0.192 e. The summed E-state index contributed by atoms with van der Waals surface area (Å²) in [5.74, 6) is 0.499. The first-order chi connectivity index (χ1) is 12.9. The summed E-state index contributed by atoms with van der Waals surface area (Å²) < 4.78 is 40.2. The third-order valence-electron chi connectivity index (χ3n) is 3.70. The Bertz CT molecular complexity index is 1130. The van der Waals surface area contributed by atoms with E-state index >= 15 is 0 Å². The molecule has 0 saturated heterocycles. The van der Waals surface area contributed by atoms with E-state index in [1.54, 1.807) is 40.9 Å². The van der Waals surface area contributed by atoms with Crippen molar-refractivity contribution in [3.8, 4) is 11.4 Å². The second kappa shape index (κ2) is 6.86. The highest BCUT2D eigenvalue weighted by atomic mass is 35.5. The Hall–Kier alpha value is -2.58. The Kier molecular flexibility index (Phi) is 4.53. The highest BCUT2D eigenvalue weighted by molar-refractivity contribution is 7.99. The van der Waals surface area contributed by atoms with Crippen molar-refractivity contribution < 1.29 is 13.2 Å². The smallest absolute Gasteiger partial charge is 0.192 e. The van der Waals surface area contributed by atoms with Crippen LogP contribution in [0.4, 0.5) is 13.2 Å². The summed E-state index contributed by atoms with van der Waals surface area (Å²) in [6.45, 7) is 0. The molecule has 0 spiro atoms. The minimum absolute atomic E-state index is 0.439. The Morgan fingerprint density at radius 1 is 0.926 bits per heavy atom. The number of halogens is 4. The molecule has 4 aromatic rings. The number of fused-ring (bicyclic) bond motifs is 1. The number of benzene rings is 2. The fraction of sp³-hybridized carbons (Fsp3) is 0.0556. The van der Waals surface area contributed by atoms with Gasteiger partial charge in [-0.3, -0.25) is 0 Å². The maximum Gasteiger partial charge on any atom is 0.416 e. The molecule has 27 heavy (non-hydrogen) atoms. The van der Waals surface area contributed by atoms with Gasteiger partial charge in [0.25, 0.3) is 0 Å². The maximum atomic E-state index is 12.9. The lowest BCUT2D eigenvalue weighted by Crippen LogP contribution is -2.04. The Morgan fingerprint density at radius 3 is 2.52 bits per heavy atom. The van der Waals surface area contributed by atoms with Gasteiger partial charge in [0.15, 0.2) is 11.5 Å². The molecule has 0 radical (unpaired) electrons. The molecule has 0 bridgehead atoms. The van der Waals surface area contributed by atoms with Crippen LogP contribution in [0.3, 0.4) is 0 Å². The predicted molar refractivity (Wildman–Crippen MR) is 96.8 cm³/mol. The van der Waals surface area contributed by atoms with Crippen LogP contribution >= 0.6 is 23.4 Å². The molecule has 4 rings (SSSR count). The second-order valence-electron chi connectivity index (χ2n) is 5.60. The van der Waals surface area contributed by atoms with Gasteiger partial charge < -0.3 is 0 Å². The van der Waals surface area contributed by atoms with Crippen LogP contribution in [-0.2, 0) is 6.18 Å². The van der Waals surface area contributed by atoms with Gasteiger partial charge in [-0.2, -0.15) is 22.8 Å².